The highest BCUT2D eigenvalue weighted by molar-refractivity contribution is 6.29. The van der Waals surface area contributed by atoms with E-state index in [1.165, 1.54) is 11.3 Å². The highest BCUT2D eigenvalue weighted by Gasteiger charge is 2.20. The van der Waals surface area contributed by atoms with Crippen LogP contribution in [0.4, 0.5) is 17.2 Å². The molecule has 3 rings (SSSR count). The van der Waals surface area contributed by atoms with E-state index in [1.807, 2.05) is 6.07 Å². The summed E-state index contributed by atoms with van der Waals surface area (Å²) in [5, 5.41) is 0.486. The summed E-state index contributed by atoms with van der Waals surface area (Å²) in [4.78, 5) is 8.95. The summed E-state index contributed by atoms with van der Waals surface area (Å²) in [5.41, 5.74) is 9.26. The monoisotopic (exact) mass is 302 g/mol. The maximum absolute atomic E-state index is 6.01. The Balaban J connectivity index is 1.72. The van der Waals surface area contributed by atoms with Gasteiger partial charge in [-0.25, -0.2) is 4.98 Å². The quantitative estimate of drug-likeness (QED) is 0.866. The molecule has 1 aliphatic heterocycles. The van der Waals surface area contributed by atoms with Crippen LogP contribution in [0.5, 0.6) is 0 Å². The van der Waals surface area contributed by atoms with E-state index in [0.29, 0.717) is 10.8 Å². The van der Waals surface area contributed by atoms with Crippen molar-refractivity contribution >= 4 is 28.8 Å². The van der Waals surface area contributed by atoms with E-state index in [9.17, 15) is 0 Å². The Kier molecular flexibility index (Phi) is 3.88. The number of nitrogen functional groups attached to an aromatic ring is 1. The number of hydrogen-bond acceptors (Lipinski definition) is 4. The molecule has 0 atom stereocenters. The van der Waals surface area contributed by atoms with Crippen LogP contribution in [0, 0.1) is 6.92 Å². The molecule has 0 saturated carbocycles. The zero-order chi connectivity index (χ0) is 14.8. The van der Waals surface area contributed by atoms with Gasteiger partial charge in [0.25, 0.3) is 0 Å². The SMILES string of the molecule is Cc1cccc(N2CCN(c3nc(Cl)ccc3N)CC2)c1. The molecular formula is C16H19ClN4. The summed E-state index contributed by atoms with van der Waals surface area (Å²) in [6.45, 7) is 5.82. The van der Waals surface area contributed by atoms with Crippen molar-refractivity contribution in [2.45, 2.75) is 6.92 Å². The predicted octanol–water partition coefficient (Wildman–Crippen LogP) is 2.95. The maximum Gasteiger partial charge on any atom is 0.153 e. The van der Waals surface area contributed by atoms with E-state index < -0.39 is 0 Å². The van der Waals surface area contributed by atoms with E-state index in [-0.39, 0.29) is 0 Å². The van der Waals surface area contributed by atoms with Crippen molar-refractivity contribution in [1.29, 1.82) is 0 Å². The van der Waals surface area contributed by atoms with Crippen molar-refractivity contribution in [3.8, 4) is 0 Å². The molecule has 0 spiro atoms. The first-order valence-electron chi connectivity index (χ1n) is 7.12. The first-order chi connectivity index (χ1) is 10.1. The number of piperazine rings is 1. The van der Waals surface area contributed by atoms with Crippen LogP contribution in [0.3, 0.4) is 0 Å². The highest BCUT2D eigenvalue weighted by atomic mass is 35.5. The fourth-order valence-corrected chi connectivity index (χ4v) is 2.83. The van der Waals surface area contributed by atoms with Gasteiger partial charge in [-0.05, 0) is 36.8 Å². The van der Waals surface area contributed by atoms with Crippen LogP contribution >= 0.6 is 11.6 Å². The standard InChI is InChI=1S/C16H19ClN4/c1-12-3-2-4-13(11-12)20-7-9-21(10-8-20)16-14(18)5-6-15(17)19-16/h2-6,11H,7-10,18H2,1H3. The number of aromatic nitrogens is 1. The third-order valence-corrected chi connectivity index (χ3v) is 4.03. The molecule has 0 radical (unpaired) electrons. The fraction of sp³-hybridized carbons (Fsp3) is 0.312. The lowest BCUT2D eigenvalue weighted by molar-refractivity contribution is 0.648. The van der Waals surface area contributed by atoms with Gasteiger partial charge >= 0.3 is 0 Å². The zero-order valence-electron chi connectivity index (χ0n) is 12.1. The topological polar surface area (TPSA) is 45.4 Å². The van der Waals surface area contributed by atoms with Gasteiger partial charge in [0, 0.05) is 31.9 Å². The maximum atomic E-state index is 6.01. The number of anilines is 3. The minimum absolute atomic E-state index is 0.486. The summed E-state index contributed by atoms with van der Waals surface area (Å²) in [5.74, 6) is 0.798. The number of benzene rings is 1. The number of pyridine rings is 1. The zero-order valence-corrected chi connectivity index (χ0v) is 12.8. The van der Waals surface area contributed by atoms with Gasteiger partial charge in [0.15, 0.2) is 5.82 Å². The second-order valence-corrected chi connectivity index (χ2v) is 5.75. The Morgan fingerprint density at radius 3 is 2.48 bits per heavy atom. The van der Waals surface area contributed by atoms with Gasteiger partial charge in [0.2, 0.25) is 0 Å². The molecular weight excluding hydrogens is 284 g/mol. The molecule has 0 unspecified atom stereocenters. The summed E-state index contributed by atoms with van der Waals surface area (Å²) in [7, 11) is 0. The van der Waals surface area contributed by atoms with E-state index in [2.05, 4.69) is 46.0 Å². The normalized spacial score (nSPS) is 15.3. The Morgan fingerprint density at radius 1 is 1.05 bits per heavy atom. The molecule has 2 heterocycles. The minimum atomic E-state index is 0.486. The molecule has 2 aromatic rings. The van der Waals surface area contributed by atoms with E-state index in [1.54, 1.807) is 6.07 Å². The first-order valence-corrected chi connectivity index (χ1v) is 7.50. The molecule has 1 aliphatic rings. The molecule has 110 valence electrons. The molecule has 0 aliphatic carbocycles. The van der Waals surface area contributed by atoms with E-state index >= 15 is 0 Å². The van der Waals surface area contributed by atoms with Crippen molar-refractivity contribution < 1.29 is 0 Å². The van der Waals surface area contributed by atoms with Gasteiger partial charge in [-0.2, -0.15) is 0 Å². The number of nitrogens with two attached hydrogens (primary N) is 1. The van der Waals surface area contributed by atoms with Gasteiger partial charge in [-0.3, -0.25) is 0 Å². The summed E-state index contributed by atoms with van der Waals surface area (Å²) >= 11 is 5.97. The van der Waals surface area contributed by atoms with Crippen LogP contribution < -0.4 is 15.5 Å². The van der Waals surface area contributed by atoms with Crippen molar-refractivity contribution in [2.24, 2.45) is 0 Å². The number of aryl methyl sites for hydroxylation is 1. The van der Waals surface area contributed by atoms with E-state index in [4.69, 9.17) is 17.3 Å². The molecule has 5 heteroatoms. The van der Waals surface area contributed by atoms with Crippen molar-refractivity contribution in [1.82, 2.24) is 4.98 Å². The molecule has 1 aromatic carbocycles. The average molecular weight is 303 g/mol. The third-order valence-electron chi connectivity index (χ3n) is 3.82. The number of halogens is 1. The Morgan fingerprint density at radius 2 is 1.76 bits per heavy atom. The van der Waals surface area contributed by atoms with Gasteiger partial charge < -0.3 is 15.5 Å². The molecule has 0 amide bonds. The van der Waals surface area contributed by atoms with Gasteiger partial charge in [-0.15, -0.1) is 0 Å². The fourth-order valence-electron chi connectivity index (χ4n) is 2.69. The average Bonchev–Trinajstić information content (AvgIpc) is 2.50. The summed E-state index contributed by atoms with van der Waals surface area (Å²) < 4.78 is 0. The Labute approximate surface area is 130 Å². The predicted molar refractivity (Wildman–Crippen MR) is 89.3 cm³/mol. The van der Waals surface area contributed by atoms with Crippen LogP contribution in [0.25, 0.3) is 0 Å². The molecule has 4 nitrogen and oxygen atoms in total. The number of rotatable bonds is 2. The van der Waals surface area contributed by atoms with Gasteiger partial charge in [0.1, 0.15) is 5.15 Å². The lowest BCUT2D eigenvalue weighted by Gasteiger charge is -2.37. The van der Waals surface area contributed by atoms with Crippen molar-refractivity contribution in [3.63, 3.8) is 0 Å². The molecule has 21 heavy (non-hydrogen) atoms. The molecule has 1 fully saturated rings. The van der Waals surface area contributed by atoms with Crippen LogP contribution in [0.15, 0.2) is 36.4 Å². The third kappa shape index (κ3) is 3.05. The van der Waals surface area contributed by atoms with Crippen LogP contribution in [0.1, 0.15) is 5.56 Å². The smallest absolute Gasteiger partial charge is 0.153 e. The van der Waals surface area contributed by atoms with Crippen LogP contribution in [0.2, 0.25) is 5.15 Å². The molecule has 2 N–H and O–H groups in total. The summed E-state index contributed by atoms with van der Waals surface area (Å²) in [6.07, 6.45) is 0. The lowest BCUT2D eigenvalue weighted by Crippen LogP contribution is -2.47. The molecule has 0 bridgehead atoms. The Hall–Kier alpha value is -1.94. The first kappa shape index (κ1) is 14.0. The van der Waals surface area contributed by atoms with Crippen LogP contribution in [-0.2, 0) is 0 Å². The highest BCUT2D eigenvalue weighted by Crippen LogP contribution is 2.25. The second-order valence-electron chi connectivity index (χ2n) is 5.36. The lowest BCUT2D eigenvalue weighted by atomic mass is 10.2. The van der Waals surface area contributed by atoms with Crippen molar-refractivity contribution in [3.05, 3.63) is 47.1 Å². The van der Waals surface area contributed by atoms with Crippen LogP contribution in [-0.4, -0.2) is 31.2 Å². The van der Waals surface area contributed by atoms with Gasteiger partial charge in [-0.1, -0.05) is 23.7 Å². The molecule has 1 saturated heterocycles. The number of hydrogen-bond donors (Lipinski definition) is 1. The molecule has 1 aromatic heterocycles. The second kappa shape index (κ2) is 5.82. The Bertz CT molecular complexity index is 636. The largest absolute Gasteiger partial charge is 0.396 e. The van der Waals surface area contributed by atoms with Gasteiger partial charge in [0.05, 0.1) is 5.69 Å². The number of nitrogens with zero attached hydrogens (tertiary/aromatic N) is 3. The minimum Gasteiger partial charge on any atom is -0.396 e. The van der Waals surface area contributed by atoms with Crippen molar-refractivity contribution in [2.75, 3.05) is 41.7 Å². The summed E-state index contributed by atoms with van der Waals surface area (Å²) in [6, 6.07) is 12.2. The van der Waals surface area contributed by atoms with E-state index in [0.717, 1.165) is 32.0 Å².